The van der Waals surface area contributed by atoms with E-state index in [4.69, 9.17) is 18.9 Å². The van der Waals surface area contributed by atoms with Crippen LogP contribution < -0.4 is 14.8 Å². The van der Waals surface area contributed by atoms with Gasteiger partial charge in [0.05, 0.1) is 21.3 Å². The third-order valence-corrected chi connectivity index (χ3v) is 3.95. The summed E-state index contributed by atoms with van der Waals surface area (Å²) in [6.45, 7) is 3.15. The molecule has 1 rings (SSSR count). The molecule has 0 aromatic heterocycles. The van der Waals surface area contributed by atoms with Crippen LogP contribution >= 0.6 is 0 Å². The number of nitrogens with one attached hydrogen (secondary N) is 1. The fourth-order valence-electron chi connectivity index (χ4n) is 2.27. The lowest BCUT2D eigenvalue weighted by molar-refractivity contribution is -0.147. The van der Waals surface area contributed by atoms with Gasteiger partial charge in [-0.15, -0.1) is 0 Å². The Morgan fingerprint density at radius 2 is 1.65 bits per heavy atom. The standard InChI is InChI=1S/C18H25NO7/c1-6-11(2)16(18(22)25-5)19-14(20)10-26-17(21)15-12(23-3)8-7-9-13(15)24-4/h7-9,11,16H,6,10H2,1-5H3,(H,19,20)/t11-,16-/m0/s1. The second-order valence-electron chi connectivity index (χ2n) is 5.57. The Kier molecular flexibility index (Phi) is 8.41. The summed E-state index contributed by atoms with van der Waals surface area (Å²) in [6, 6.07) is 4.01. The summed E-state index contributed by atoms with van der Waals surface area (Å²) >= 11 is 0. The van der Waals surface area contributed by atoms with Gasteiger partial charge in [-0.05, 0) is 18.1 Å². The van der Waals surface area contributed by atoms with Crippen molar-refractivity contribution in [1.29, 1.82) is 0 Å². The maximum absolute atomic E-state index is 12.3. The summed E-state index contributed by atoms with van der Waals surface area (Å²) in [6.07, 6.45) is 0.665. The minimum atomic E-state index is -0.808. The van der Waals surface area contributed by atoms with Crippen LogP contribution in [-0.2, 0) is 19.1 Å². The van der Waals surface area contributed by atoms with E-state index in [2.05, 4.69) is 5.32 Å². The van der Waals surface area contributed by atoms with Crippen molar-refractivity contribution in [3.63, 3.8) is 0 Å². The van der Waals surface area contributed by atoms with Crippen LogP contribution in [0.1, 0.15) is 30.6 Å². The van der Waals surface area contributed by atoms with Crippen LogP contribution in [0.3, 0.4) is 0 Å². The highest BCUT2D eigenvalue weighted by Crippen LogP contribution is 2.28. The summed E-state index contributed by atoms with van der Waals surface area (Å²) in [5, 5.41) is 2.53. The van der Waals surface area contributed by atoms with E-state index in [1.165, 1.54) is 21.3 Å². The SMILES string of the molecule is CC[C@H](C)[C@H](NC(=O)COC(=O)c1c(OC)cccc1OC)C(=O)OC. The summed E-state index contributed by atoms with van der Waals surface area (Å²) < 4.78 is 20.0. The van der Waals surface area contributed by atoms with E-state index >= 15 is 0 Å². The number of methoxy groups -OCH3 is 3. The molecule has 0 saturated heterocycles. The molecule has 0 unspecified atom stereocenters. The number of hydrogen-bond acceptors (Lipinski definition) is 7. The minimum Gasteiger partial charge on any atom is -0.496 e. The largest absolute Gasteiger partial charge is 0.496 e. The Bertz CT molecular complexity index is 622. The zero-order valence-corrected chi connectivity index (χ0v) is 15.7. The summed E-state index contributed by atoms with van der Waals surface area (Å²) in [5.74, 6) is -1.53. The molecule has 0 aliphatic heterocycles. The van der Waals surface area contributed by atoms with Crippen molar-refractivity contribution in [2.24, 2.45) is 5.92 Å². The third-order valence-electron chi connectivity index (χ3n) is 3.95. The molecule has 8 nitrogen and oxygen atoms in total. The molecule has 0 bridgehead atoms. The molecular formula is C18H25NO7. The van der Waals surface area contributed by atoms with Gasteiger partial charge in [0, 0.05) is 0 Å². The molecule has 0 saturated carbocycles. The van der Waals surface area contributed by atoms with E-state index in [0.717, 1.165) is 0 Å². The van der Waals surface area contributed by atoms with Crippen LogP contribution in [-0.4, -0.2) is 51.8 Å². The Balaban J connectivity index is 2.78. The minimum absolute atomic E-state index is 0.0803. The van der Waals surface area contributed by atoms with Gasteiger partial charge in [-0.2, -0.15) is 0 Å². The molecule has 1 amide bonds. The Hall–Kier alpha value is -2.77. The van der Waals surface area contributed by atoms with Crippen molar-refractivity contribution in [3.05, 3.63) is 23.8 Å². The number of esters is 2. The Labute approximate surface area is 152 Å². The molecule has 0 radical (unpaired) electrons. The van der Waals surface area contributed by atoms with Crippen LogP contribution in [0.2, 0.25) is 0 Å². The smallest absolute Gasteiger partial charge is 0.346 e. The average Bonchev–Trinajstić information content (AvgIpc) is 2.68. The van der Waals surface area contributed by atoms with Gasteiger partial charge in [-0.25, -0.2) is 9.59 Å². The zero-order valence-electron chi connectivity index (χ0n) is 15.7. The monoisotopic (exact) mass is 367 g/mol. The number of hydrogen-bond donors (Lipinski definition) is 1. The third kappa shape index (κ3) is 5.37. The van der Waals surface area contributed by atoms with E-state index in [0.29, 0.717) is 6.42 Å². The Morgan fingerprint density at radius 1 is 1.08 bits per heavy atom. The fraction of sp³-hybridized carbons (Fsp3) is 0.500. The van der Waals surface area contributed by atoms with Gasteiger partial charge in [0.25, 0.3) is 5.91 Å². The van der Waals surface area contributed by atoms with Crippen LogP contribution in [0.15, 0.2) is 18.2 Å². The fourth-order valence-corrected chi connectivity index (χ4v) is 2.27. The highest BCUT2D eigenvalue weighted by Gasteiger charge is 2.27. The molecule has 144 valence electrons. The van der Waals surface area contributed by atoms with Crippen molar-refractivity contribution in [1.82, 2.24) is 5.32 Å². The lowest BCUT2D eigenvalue weighted by Gasteiger charge is -2.21. The second kappa shape index (κ2) is 10.3. The van der Waals surface area contributed by atoms with E-state index in [1.807, 2.05) is 13.8 Å². The number of ether oxygens (including phenoxy) is 4. The zero-order chi connectivity index (χ0) is 19.7. The van der Waals surface area contributed by atoms with Crippen LogP contribution in [0.5, 0.6) is 11.5 Å². The quantitative estimate of drug-likeness (QED) is 0.661. The van der Waals surface area contributed by atoms with Gasteiger partial charge in [-0.1, -0.05) is 26.3 Å². The highest BCUT2D eigenvalue weighted by molar-refractivity contribution is 5.97. The number of amides is 1. The molecule has 1 N–H and O–H groups in total. The van der Waals surface area contributed by atoms with Crippen LogP contribution in [0.4, 0.5) is 0 Å². The molecule has 8 heteroatoms. The molecule has 0 aliphatic rings. The second-order valence-corrected chi connectivity index (χ2v) is 5.57. The molecule has 26 heavy (non-hydrogen) atoms. The predicted octanol–water partition coefficient (Wildman–Crippen LogP) is 1.56. The number of carbonyl (C=O) groups excluding carboxylic acids is 3. The number of benzene rings is 1. The Morgan fingerprint density at radius 3 is 2.12 bits per heavy atom. The maximum Gasteiger partial charge on any atom is 0.346 e. The summed E-state index contributed by atoms with van der Waals surface area (Å²) in [7, 11) is 4.06. The first-order chi connectivity index (χ1) is 12.4. The molecule has 0 heterocycles. The normalized spacial score (nSPS) is 12.5. The van der Waals surface area contributed by atoms with E-state index in [1.54, 1.807) is 18.2 Å². The van der Waals surface area contributed by atoms with E-state index < -0.39 is 30.5 Å². The molecule has 1 aromatic carbocycles. The summed E-state index contributed by atoms with van der Waals surface area (Å²) in [5.41, 5.74) is 0.0803. The van der Waals surface area contributed by atoms with E-state index in [9.17, 15) is 14.4 Å². The van der Waals surface area contributed by atoms with Crippen molar-refractivity contribution in [2.45, 2.75) is 26.3 Å². The topological polar surface area (TPSA) is 100 Å². The van der Waals surface area contributed by atoms with Gasteiger partial charge in [0.2, 0.25) is 0 Å². The highest BCUT2D eigenvalue weighted by atomic mass is 16.5. The number of rotatable bonds is 9. The summed E-state index contributed by atoms with van der Waals surface area (Å²) in [4.78, 5) is 36.2. The maximum atomic E-state index is 12.3. The first-order valence-corrected chi connectivity index (χ1v) is 8.14. The molecular weight excluding hydrogens is 342 g/mol. The lowest BCUT2D eigenvalue weighted by Crippen LogP contribution is -2.47. The van der Waals surface area contributed by atoms with Gasteiger partial charge in [-0.3, -0.25) is 4.79 Å². The van der Waals surface area contributed by atoms with Crippen LogP contribution in [0, 0.1) is 5.92 Å². The van der Waals surface area contributed by atoms with Crippen molar-refractivity contribution < 1.29 is 33.3 Å². The number of carbonyl (C=O) groups is 3. The van der Waals surface area contributed by atoms with Gasteiger partial charge < -0.3 is 24.3 Å². The van der Waals surface area contributed by atoms with Crippen molar-refractivity contribution in [3.8, 4) is 11.5 Å². The molecule has 0 aliphatic carbocycles. The van der Waals surface area contributed by atoms with E-state index in [-0.39, 0.29) is 23.0 Å². The lowest BCUT2D eigenvalue weighted by atomic mass is 9.99. The van der Waals surface area contributed by atoms with Gasteiger partial charge >= 0.3 is 11.9 Å². The molecule has 1 aromatic rings. The first-order valence-electron chi connectivity index (χ1n) is 8.14. The predicted molar refractivity (Wildman–Crippen MR) is 93.2 cm³/mol. The van der Waals surface area contributed by atoms with Gasteiger partial charge in [0.1, 0.15) is 23.1 Å². The van der Waals surface area contributed by atoms with Crippen molar-refractivity contribution >= 4 is 17.8 Å². The van der Waals surface area contributed by atoms with Crippen LogP contribution in [0.25, 0.3) is 0 Å². The van der Waals surface area contributed by atoms with Crippen molar-refractivity contribution in [2.75, 3.05) is 27.9 Å². The molecule has 2 atom stereocenters. The molecule has 0 spiro atoms. The average molecular weight is 367 g/mol. The first kappa shape index (κ1) is 21.3. The van der Waals surface area contributed by atoms with Gasteiger partial charge in [0.15, 0.2) is 6.61 Å². The molecule has 0 fully saturated rings.